The van der Waals surface area contributed by atoms with Crippen molar-refractivity contribution in [2.24, 2.45) is 7.05 Å². The number of nitrogens with one attached hydrogen (secondary N) is 1. The predicted octanol–water partition coefficient (Wildman–Crippen LogP) is 3.58. The number of hydrogen-bond acceptors (Lipinski definition) is 4. The highest BCUT2D eigenvalue weighted by atomic mass is 19.1. The van der Waals surface area contributed by atoms with E-state index in [0.717, 1.165) is 16.9 Å². The molecule has 4 rings (SSSR count). The van der Waals surface area contributed by atoms with Gasteiger partial charge in [-0.05, 0) is 36.8 Å². The molecule has 24 heavy (non-hydrogen) atoms. The number of aromatic nitrogens is 4. The molecule has 0 radical (unpaired) electrons. The van der Waals surface area contributed by atoms with E-state index in [4.69, 9.17) is 0 Å². The number of rotatable bonds is 3. The van der Waals surface area contributed by atoms with Gasteiger partial charge in [0, 0.05) is 12.4 Å². The van der Waals surface area contributed by atoms with Crippen molar-refractivity contribution in [1.29, 1.82) is 0 Å². The van der Waals surface area contributed by atoms with Crippen LogP contribution in [0.15, 0.2) is 42.7 Å². The normalized spacial score (nSPS) is 11.3. The van der Waals surface area contributed by atoms with Gasteiger partial charge in [0.1, 0.15) is 23.8 Å². The van der Waals surface area contributed by atoms with Gasteiger partial charge < -0.3 is 9.88 Å². The van der Waals surface area contributed by atoms with E-state index in [1.165, 1.54) is 24.0 Å². The van der Waals surface area contributed by atoms with Crippen LogP contribution in [0, 0.1) is 12.7 Å². The van der Waals surface area contributed by atoms with Gasteiger partial charge in [0.15, 0.2) is 0 Å². The van der Waals surface area contributed by atoms with Crippen LogP contribution in [0.2, 0.25) is 0 Å². The molecule has 0 aliphatic heterocycles. The molecule has 120 valence electrons. The lowest BCUT2D eigenvalue weighted by molar-refractivity contribution is 0.629. The zero-order valence-corrected chi connectivity index (χ0v) is 13.4. The third-order valence-electron chi connectivity index (χ3n) is 4.20. The van der Waals surface area contributed by atoms with Crippen molar-refractivity contribution in [3.63, 3.8) is 0 Å². The number of imidazole rings is 1. The van der Waals surface area contributed by atoms with Crippen molar-refractivity contribution in [2.45, 2.75) is 13.5 Å². The molecular formula is C18H16FN5. The molecule has 4 aromatic rings. The van der Waals surface area contributed by atoms with Crippen molar-refractivity contribution in [3.8, 4) is 0 Å². The molecule has 0 fully saturated rings. The van der Waals surface area contributed by atoms with Crippen molar-refractivity contribution in [1.82, 2.24) is 19.5 Å². The Labute approximate surface area is 138 Å². The maximum absolute atomic E-state index is 13.5. The van der Waals surface area contributed by atoms with E-state index in [2.05, 4.69) is 37.8 Å². The summed E-state index contributed by atoms with van der Waals surface area (Å²) in [7, 11) is 2.00. The second-order valence-electron chi connectivity index (χ2n) is 5.77. The molecule has 0 aliphatic rings. The van der Waals surface area contributed by atoms with Crippen molar-refractivity contribution in [3.05, 3.63) is 59.9 Å². The number of fused-ring (bicyclic) bond motifs is 2. The van der Waals surface area contributed by atoms with Gasteiger partial charge in [-0.15, -0.1) is 0 Å². The lowest BCUT2D eigenvalue weighted by Crippen LogP contribution is -2.08. The molecule has 0 saturated carbocycles. The Hall–Kier alpha value is -3.02. The lowest BCUT2D eigenvalue weighted by atomic mass is 10.2. The topological polar surface area (TPSA) is 55.6 Å². The number of para-hydroxylation sites is 1. The van der Waals surface area contributed by atoms with E-state index in [1.54, 1.807) is 6.07 Å². The monoisotopic (exact) mass is 321 g/mol. The fourth-order valence-corrected chi connectivity index (χ4v) is 3.00. The first-order valence-corrected chi connectivity index (χ1v) is 7.68. The predicted molar refractivity (Wildman–Crippen MR) is 92.3 cm³/mol. The van der Waals surface area contributed by atoms with Gasteiger partial charge in [-0.25, -0.2) is 19.3 Å². The summed E-state index contributed by atoms with van der Waals surface area (Å²) in [6.07, 6.45) is 1.47. The van der Waals surface area contributed by atoms with E-state index in [0.29, 0.717) is 23.3 Å². The van der Waals surface area contributed by atoms with Gasteiger partial charge in [0.25, 0.3) is 0 Å². The number of nitrogens with zero attached hydrogens (tertiary/aromatic N) is 4. The molecule has 0 spiro atoms. The Morgan fingerprint density at radius 3 is 2.83 bits per heavy atom. The van der Waals surface area contributed by atoms with Gasteiger partial charge >= 0.3 is 0 Å². The highest BCUT2D eigenvalue weighted by Gasteiger charge is 2.11. The van der Waals surface area contributed by atoms with Crippen LogP contribution in [-0.4, -0.2) is 19.5 Å². The first-order valence-electron chi connectivity index (χ1n) is 7.68. The van der Waals surface area contributed by atoms with Crippen molar-refractivity contribution < 1.29 is 4.39 Å². The van der Waals surface area contributed by atoms with Crippen LogP contribution >= 0.6 is 0 Å². The number of anilines is 1. The quantitative estimate of drug-likeness (QED) is 0.627. The second kappa shape index (κ2) is 5.56. The smallest absolute Gasteiger partial charge is 0.137 e. The SMILES string of the molecule is Cc1cccc2nc(CNc3ncnc4ccc(F)cc34)n(C)c12. The average molecular weight is 321 g/mol. The number of benzene rings is 2. The van der Waals surface area contributed by atoms with Gasteiger partial charge in [0.05, 0.1) is 23.1 Å². The van der Waals surface area contributed by atoms with Crippen LogP contribution in [0.5, 0.6) is 0 Å². The van der Waals surface area contributed by atoms with E-state index in [1.807, 2.05) is 19.2 Å². The summed E-state index contributed by atoms with van der Waals surface area (Å²) in [4.78, 5) is 13.1. The van der Waals surface area contributed by atoms with Crippen LogP contribution in [-0.2, 0) is 13.6 Å². The Balaban J connectivity index is 1.70. The summed E-state index contributed by atoms with van der Waals surface area (Å²) in [6.45, 7) is 2.56. The third kappa shape index (κ3) is 2.36. The van der Waals surface area contributed by atoms with Crippen LogP contribution in [0.4, 0.5) is 10.2 Å². The molecule has 1 N–H and O–H groups in total. The maximum atomic E-state index is 13.5. The standard InChI is InChI=1S/C18H16FN5/c1-11-4-3-5-15-17(11)24(2)16(23-15)9-20-18-13-8-12(19)6-7-14(13)21-10-22-18/h3-8,10H,9H2,1-2H3,(H,20,21,22). The van der Waals surface area contributed by atoms with E-state index in [-0.39, 0.29) is 5.82 Å². The molecule has 6 heteroatoms. The largest absolute Gasteiger partial charge is 0.362 e. The molecule has 2 aromatic carbocycles. The summed E-state index contributed by atoms with van der Waals surface area (Å²) in [6, 6.07) is 10.6. The number of hydrogen-bond donors (Lipinski definition) is 1. The lowest BCUT2D eigenvalue weighted by Gasteiger charge is -2.08. The van der Waals surface area contributed by atoms with E-state index < -0.39 is 0 Å². The summed E-state index contributed by atoms with van der Waals surface area (Å²) in [5, 5.41) is 3.91. The molecule has 0 amide bonds. The van der Waals surface area contributed by atoms with Crippen molar-refractivity contribution in [2.75, 3.05) is 5.32 Å². The summed E-state index contributed by atoms with van der Waals surface area (Å²) in [5.41, 5.74) is 3.97. The molecule has 2 aromatic heterocycles. The minimum Gasteiger partial charge on any atom is -0.362 e. The first-order chi connectivity index (χ1) is 11.6. The highest BCUT2D eigenvalue weighted by Crippen LogP contribution is 2.22. The molecule has 0 aliphatic carbocycles. The Kier molecular flexibility index (Phi) is 3.37. The third-order valence-corrected chi connectivity index (χ3v) is 4.20. The van der Waals surface area contributed by atoms with Crippen LogP contribution in [0.25, 0.3) is 21.9 Å². The van der Waals surface area contributed by atoms with Crippen molar-refractivity contribution >= 4 is 27.8 Å². The fourth-order valence-electron chi connectivity index (χ4n) is 3.00. The first kappa shape index (κ1) is 14.6. The van der Waals surface area contributed by atoms with Gasteiger partial charge in [-0.2, -0.15) is 0 Å². The zero-order chi connectivity index (χ0) is 16.7. The minimum atomic E-state index is -0.307. The molecule has 0 bridgehead atoms. The molecule has 0 unspecified atom stereocenters. The summed E-state index contributed by atoms with van der Waals surface area (Å²) >= 11 is 0. The van der Waals surface area contributed by atoms with Crippen LogP contribution in [0.3, 0.4) is 0 Å². The van der Waals surface area contributed by atoms with Gasteiger partial charge in [-0.3, -0.25) is 0 Å². The number of halogens is 1. The average Bonchev–Trinajstić information content (AvgIpc) is 2.90. The molecular weight excluding hydrogens is 305 g/mol. The Morgan fingerprint density at radius 2 is 2.00 bits per heavy atom. The van der Waals surface area contributed by atoms with E-state index in [9.17, 15) is 4.39 Å². The highest BCUT2D eigenvalue weighted by molar-refractivity contribution is 5.88. The Bertz CT molecular complexity index is 1050. The minimum absolute atomic E-state index is 0.307. The molecule has 2 heterocycles. The second-order valence-corrected chi connectivity index (χ2v) is 5.77. The molecule has 0 saturated heterocycles. The van der Waals surface area contributed by atoms with Gasteiger partial charge in [-0.1, -0.05) is 12.1 Å². The summed E-state index contributed by atoms with van der Waals surface area (Å²) < 4.78 is 15.6. The fraction of sp³-hybridized carbons (Fsp3) is 0.167. The molecule has 5 nitrogen and oxygen atoms in total. The van der Waals surface area contributed by atoms with Crippen LogP contribution < -0.4 is 5.32 Å². The summed E-state index contributed by atoms with van der Waals surface area (Å²) in [5.74, 6) is 1.18. The zero-order valence-electron chi connectivity index (χ0n) is 13.4. The van der Waals surface area contributed by atoms with E-state index >= 15 is 0 Å². The Morgan fingerprint density at radius 1 is 1.12 bits per heavy atom. The number of aryl methyl sites for hydroxylation is 2. The van der Waals surface area contributed by atoms with Gasteiger partial charge in [0.2, 0.25) is 0 Å². The van der Waals surface area contributed by atoms with Crippen LogP contribution in [0.1, 0.15) is 11.4 Å². The molecule has 0 atom stereocenters. The maximum Gasteiger partial charge on any atom is 0.137 e.